The van der Waals surface area contributed by atoms with E-state index in [1.54, 1.807) is 32.9 Å². The van der Waals surface area contributed by atoms with Gasteiger partial charge in [0.25, 0.3) is 0 Å². The zero-order valence-electron chi connectivity index (χ0n) is 20.1. The summed E-state index contributed by atoms with van der Waals surface area (Å²) in [4.78, 5) is 26.1. The molecule has 0 spiro atoms. The van der Waals surface area contributed by atoms with Crippen LogP contribution in [-0.4, -0.2) is 31.8 Å². The first kappa shape index (κ1) is 25.9. The van der Waals surface area contributed by atoms with Crippen LogP contribution >= 0.6 is 0 Å². The molecule has 0 aliphatic heterocycles. The fourth-order valence-electron chi connectivity index (χ4n) is 4.12. The molecule has 1 aliphatic rings. The summed E-state index contributed by atoms with van der Waals surface area (Å²) in [5.41, 5.74) is 0.804. The van der Waals surface area contributed by atoms with Gasteiger partial charge in [-0.3, -0.25) is 9.59 Å². The molecule has 0 bridgehead atoms. The van der Waals surface area contributed by atoms with Gasteiger partial charge in [0.15, 0.2) is 0 Å². The lowest BCUT2D eigenvalue weighted by Gasteiger charge is -2.25. The molecule has 0 radical (unpaired) electrons. The Balaban J connectivity index is 1.72. The summed E-state index contributed by atoms with van der Waals surface area (Å²) < 4.78 is 27.6. The number of anilines is 1. The van der Waals surface area contributed by atoms with Crippen LogP contribution in [0.3, 0.4) is 0 Å². The second kappa shape index (κ2) is 11.1. The lowest BCUT2D eigenvalue weighted by molar-refractivity contribution is -0.130. The van der Waals surface area contributed by atoms with E-state index in [0.29, 0.717) is 12.1 Å². The first-order chi connectivity index (χ1) is 16.0. The third-order valence-electron chi connectivity index (χ3n) is 5.76. The van der Waals surface area contributed by atoms with Crippen molar-refractivity contribution in [2.45, 2.75) is 75.8 Å². The average molecular weight is 486 g/mol. The van der Waals surface area contributed by atoms with Crippen molar-refractivity contribution in [2.24, 2.45) is 5.92 Å². The molecule has 1 saturated carbocycles. The van der Waals surface area contributed by atoms with Crippen molar-refractivity contribution in [3.63, 3.8) is 0 Å². The Kier molecular flexibility index (Phi) is 8.49. The normalized spacial score (nSPS) is 16.0. The quantitative estimate of drug-likeness (QED) is 0.525. The zero-order chi connectivity index (χ0) is 24.8. The molecule has 1 fully saturated rings. The fourth-order valence-corrected chi connectivity index (χ4v) is 5.54. The van der Waals surface area contributed by atoms with E-state index in [2.05, 4.69) is 15.4 Å². The maximum atomic E-state index is 13.1. The monoisotopic (exact) mass is 485 g/mol. The number of hydrogen-bond acceptors (Lipinski definition) is 4. The van der Waals surface area contributed by atoms with Crippen molar-refractivity contribution in [1.29, 1.82) is 0 Å². The SMILES string of the molecule is CC(C)(C)NS(=O)(=O)c1ccc(NC(=O)C(Cc2ccccc2)NC(=O)C2CCCCC2)cc1. The van der Waals surface area contributed by atoms with Gasteiger partial charge in [-0.15, -0.1) is 0 Å². The number of benzene rings is 2. The van der Waals surface area contributed by atoms with E-state index in [1.165, 1.54) is 12.1 Å². The van der Waals surface area contributed by atoms with Gasteiger partial charge < -0.3 is 10.6 Å². The number of nitrogens with one attached hydrogen (secondary N) is 3. The standard InChI is InChI=1S/C26H35N3O4S/c1-26(2,3)29-34(32,33)22-16-14-21(15-17-22)27-25(31)23(18-19-10-6-4-7-11-19)28-24(30)20-12-8-5-9-13-20/h4,6-7,10-11,14-17,20,23,29H,5,8-9,12-13,18H2,1-3H3,(H,27,31)(H,28,30). The molecule has 3 N–H and O–H groups in total. The van der Waals surface area contributed by atoms with Gasteiger partial charge in [0.05, 0.1) is 4.90 Å². The van der Waals surface area contributed by atoms with Gasteiger partial charge in [0.1, 0.15) is 6.04 Å². The Labute approximate surface area is 202 Å². The van der Waals surface area contributed by atoms with E-state index in [1.807, 2.05) is 30.3 Å². The first-order valence-corrected chi connectivity index (χ1v) is 13.3. The van der Waals surface area contributed by atoms with Crippen molar-refractivity contribution in [3.05, 3.63) is 60.2 Å². The van der Waals surface area contributed by atoms with Crippen LogP contribution in [0.4, 0.5) is 5.69 Å². The molecule has 1 unspecified atom stereocenters. The molecule has 0 saturated heterocycles. The van der Waals surface area contributed by atoms with Crippen LogP contribution in [0.15, 0.2) is 59.5 Å². The number of hydrogen-bond donors (Lipinski definition) is 3. The highest BCUT2D eigenvalue weighted by Gasteiger charge is 2.27. The number of rotatable bonds is 8. The Morgan fingerprint density at radius 2 is 1.56 bits per heavy atom. The van der Waals surface area contributed by atoms with Crippen LogP contribution in [0, 0.1) is 5.92 Å². The first-order valence-electron chi connectivity index (χ1n) is 11.8. The molecule has 1 atom stereocenters. The van der Waals surface area contributed by atoms with Gasteiger partial charge in [-0.2, -0.15) is 0 Å². The summed E-state index contributed by atoms with van der Waals surface area (Å²) in [6.07, 6.45) is 5.29. The van der Waals surface area contributed by atoms with Crippen molar-refractivity contribution in [1.82, 2.24) is 10.0 Å². The Morgan fingerprint density at radius 3 is 2.15 bits per heavy atom. The van der Waals surface area contributed by atoms with Crippen molar-refractivity contribution in [3.8, 4) is 0 Å². The lowest BCUT2D eigenvalue weighted by Crippen LogP contribution is -2.47. The van der Waals surface area contributed by atoms with Crippen LogP contribution in [0.1, 0.15) is 58.4 Å². The zero-order valence-corrected chi connectivity index (χ0v) is 21.0. The molecule has 2 aromatic carbocycles. The third kappa shape index (κ3) is 7.67. The van der Waals surface area contributed by atoms with Gasteiger partial charge in [0, 0.05) is 23.6 Å². The molecule has 184 valence electrons. The maximum Gasteiger partial charge on any atom is 0.247 e. The smallest absolute Gasteiger partial charge is 0.247 e. The van der Waals surface area contributed by atoms with Crippen molar-refractivity contribution < 1.29 is 18.0 Å². The molecule has 0 aromatic heterocycles. The molecule has 2 aromatic rings. The van der Waals surface area contributed by atoms with Gasteiger partial charge in [-0.05, 0) is 63.4 Å². The van der Waals surface area contributed by atoms with Crippen LogP contribution in [0.5, 0.6) is 0 Å². The summed E-state index contributed by atoms with van der Waals surface area (Å²) in [5.74, 6) is -0.471. The van der Waals surface area contributed by atoms with E-state index in [0.717, 1.165) is 37.7 Å². The summed E-state index contributed by atoms with van der Waals surface area (Å²) in [6.45, 7) is 5.31. The molecular formula is C26H35N3O4S. The van der Waals surface area contributed by atoms with Gasteiger partial charge in [-0.1, -0.05) is 49.6 Å². The van der Waals surface area contributed by atoms with E-state index >= 15 is 0 Å². The minimum Gasteiger partial charge on any atom is -0.344 e. The molecule has 0 heterocycles. The number of carbonyl (C=O) groups is 2. The Bertz CT molecular complexity index is 1070. The number of carbonyl (C=O) groups excluding carboxylic acids is 2. The van der Waals surface area contributed by atoms with Gasteiger partial charge >= 0.3 is 0 Å². The average Bonchev–Trinajstić information content (AvgIpc) is 2.78. The summed E-state index contributed by atoms with van der Waals surface area (Å²) in [7, 11) is -3.67. The van der Waals surface area contributed by atoms with Crippen molar-refractivity contribution in [2.75, 3.05) is 5.32 Å². The fraction of sp³-hybridized carbons (Fsp3) is 0.462. The van der Waals surface area contributed by atoms with E-state index < -0.39 is 21.6 Å². The van der Waals surface area contributed by atoms with Crippen LogP contribution in [0.2, 0.25) is 0 Å². The molecule has 34 heavy (non-hydrogen) atoms. The van der Waals surface area contributed by atoms with Crippen LogP contribution < -0.4 is 15.4 Å². The highest BCUT2D eigenvalue weighted by molar-refractivity contribution is 7.89. The number of sulfonamides is 1. The van der Waals surface area contributed by atoms with Crippen LogP contribution in [0.25, 0.3) is 0 Å². The van der Waals surface area contributed by atoms with Gasteiger partial charge in [0.2, 0.25) is 21.8 Å². The minimum absolute atomic E-state index is 0.0559. The van der Waals surface area contributed by atoms with E-state index in [4.69, 9.17) is 0 Å². The largest absolute Gasteiger partial charge is 0.344 e. The summed E-state index contributed by atoms with van der Waals surface area (Å²) in [6, 6.07) is 14.8. The number of amides is 2. The molecule has 2 amide bonds. The molecule has 8 heteroatoms. The molecule has 1 aliphatic carbocycles. The molecule has 7 nitrogen and oxygen atoms in total. The third-order valence-corrected chi connectivity index (χ3v) is 7.54. The highest BCUT2D eigenvalue weighted by atomic mass is 32.2. The molecular weight excluding hydrogens is 450 g/mol. The second-order valence-electron chi connectivity index (χ2n) is 9.95. The summed E-state index contributed by atoms with van der Waals surface area (Å²) >= 11 is 0. The predicted molar refractivity (Wildman–Crippen MR) is 134 cm³/mol. The molecule has 3 rings (SSSR count). The van der Waals surface area contributed by atoms with Crippen molar-refractivity contribution >= 4 is 27.5 Å². The summed E-state index contributed by atoms with van der Waals surface area (Å²) in [5, 5.41) is 5.79. The Hall–Kier alpha value is -2.71. The van der Waals surface area contributed by atoms with E-state index in [-0.39, 0.29) is 22.6 Å². The second-order valence-corrected chi connectivity index (χ2v) is 11.6. The van der Waals surface area contributed by atoms with Crippen LogP contribution in [-0.2, 0) is 26.0 Å². The maximum absolute atomic E-state index is 13.1. The highest BCUT2D eigenvalue weighted by Crippen LogP contribution is 2.24. The topological polar surface area (TPSA) is 104 Å². The lowest BCUT2D eigenvalue weighted by atomic mass is 9.88. The Morgan fingerprint density at radius 1 is 0.941 bits per heavy atom. The predicted octanol–water partition coefficient (Wildman–Crippen LogP) is 4.01. The van der Waals surface area contributed by atoms with Gasteiger partial charge in [-0.25, -0.2) is 13.1 Å². The minimum atomic E-state index is -3.67. The van der Waals surface area contributed by atoms with E-state index in [9.17, 15) is 18.0 Å².